The molecule has 4 nitrogen and oxygen atoms in total. The molecule has 0 spiro atoms. The number of nitriles is 1. The summed E-state index contributed by atoms with van der Waals surface area (Å²) in [6.45, 7) is 5.11. The van der Waals surface area contributed by atoms with Crippen molar-refractivity contribution in [3.8, 4) is 6.07 Å². The second-order valence-electron chi connectivity index (χ2n) is 5.13. The van der Waals surface area contributed by atoms with Gasteiger partial charge in [-0.05, 0) is 38.8 Å². The summed E-state index contributed by atoms with van der Waals surface area (Å²) >= 11 is 0. The maximum Gasteiger partial charge on any atom is 0.272 e. The van der Waals surface area contributed by atoms with E-state index in [9.17, 15) is 4.79 Å². The van der Waals surface area contributed by atoms with Crippen molar-refractivity contribution >= 4 is 5.91 Å². The van der Waals surface area contributed by atoms with E-state index in [2.05, 4.69) is 11.1 Å². The van der Waals surface area contributed by atoms with Gasteiger partial charge in [0.15, 0.2) is 0 Å². The van der Waals surface area contributed by atoms with Crippen molar-refractivity contribution in [2.24, 2.45) is 5.41 Å². The average molecular weight is 243 g/mol. The average Bonchev–Trinajstić information content (AvgIpc) is 2.39. The highest BCUT2D eigenvalue weighted by molar-refractivity contribution is 5.92. The van der Waals surface area contributed by atoms with Crippen LogP contribution in [0.1, 0.15) is 35.9 Å². The highest BCUT2D eigenvalue weighted by atomic mass is 16.2. The van der Waals surface area contributed by atoms with E-state index in [1.807, 2.05) is 26.0 Å². The molecule has 1 saturated heterocycles. The lowest BCUT2D eigenvalue weighted by Crippen LogP contribution is -2.42. The van der Waals surface area contributed by atoms with E-state index in [-0.39, 0.29) is 11.3 Å². The molecule has 1 aromatic rings. The zero-order valence-electron chi connectivity index (χ0n) is 10.8. The molecule has 4 heteroatoms. The van der Waals surface area contributed by atoms with Crippen molar-refractivity contribution in [3.05, 3.63) is 29.6 Å². The predicted octanol–water partition coefficient (Wildman–Crippen LogP) is 2.16. The van der Waals surface area contributed by atoms with Gasteiger partial charge in [-0.1, -0.05) is 6.07 Å². The van der Waals surface area contributed by atoms with E-state index in [1.165, 1.54) is 0 Å². The highest BCUT2D eigenvalue weighted by Gasteiger charge is 2.32. The number of aryl methyl sites for hydroxylation is 1. The molecule has 1 aliphatic heterocycles. The van der Waals surface area contributed by atoms with Gasteiger partial charge < -0.3 is 4.90 Å². The minimum atomic E-state index is -0.281. The number of nitrogens with zero attached hydrogens (tertiary/aromatic N) is 3. The number of carbonyl (C=O) groups excluding carboxylic acids is 1. The van der Waals surface area contributed by atoms with Crippen LogP contribution in [0.3, 0.4) is 0 Å². The van der Waals surface area contributed by atoms with Crippen LogP contribution in [-0.2, 0) is 0 Å². The largest absolute Gasteiger partial charge is 0.337 e. The van der Waals surface area contributed by atoms with Gasteiger partial charge in [-0.2, -0.15) is 5.26 Å². The Labute approximate surface area is 107 Å². The molecule has 0 aliphatic carbocycles. The summed E-state index contributed by atoms with van der Waals surface area (Å²) in [5.41, 5.74) is 1.06. The summed E-state index contributed by atoms with van der Waals surface area (Å²) in [5.74, 6) is -0.0290. The van der Waals surface area contributed by atoms with E-state index >= 15 is 0 Å². The van der Waals surface area contributed by atoms with Crippen LogP contribution in [-0.4, -0.2) is 28.9 Å². The summed E-state index contributed by atoms with van der Waals surface area (Å²) < 4.78 is 0. The fraction of sp³-hybridized carbons (Fsp3) is 0.500. The van der Waals surface area contributed by atoms with Gasteiger partial charge in [0.05, 0.1) is 11.5 Å². The Morgan fingerprint density at radius 1 is 1.44 bits per heavy atom. The maximum absolute atomic E-state index is 12.2. The Morgan fingerprint density at radius 2 is 2.11 bits per heavy atom. The van der Waals surface area contributed by atoms with Gasteiger partial charge in [0.25, 0.3) is 5.91 Å². The number of carbonyl (C=O) groups is 1. The number of piperidine rings is 1. The number of likely N-dealkylation sites (tertiary alicyclic amines) is 1. The topological polar surface area (TPSA) is 57.0 Å². The molecule has 94 valence electrons. The first kappa shape index (κ1) is 12.6. The monoisotopic (exact) mass is 243 g/mol. The number of pyridine rings is 1. The summed E-state index contributed by atoms with van der Waals surface area (Å²) in [6, 6.07) is 7.80. The van der Waals surface area contributed by atoms with Gasteiger partial charge in [0, 0.05) is 18.8 Å². The first-order chi connectivity index (χ1) is 8.54. The van der Waals surface area contributed by atoms with E-state index in [0.29, 0.717) is 18.8 Å². The van der Waals surface area contributed by atoms with Crippen molar-refractivity contribution in [1.29, 1.82) is 5.26 Å². The molecule has 0 N–H and O–H groups in total. The quantitative estimate of drug-likeness (QED) is 0.759. The van der Waals surface area contributed by atoms with Crippen LogP contribution in [0.2, 0.25) is 0 Å². The third-order valence-electron chi connectivity index (χ3n) is 3.53. The second-order valence-corrected chi connectivity index (χ2v) is 5.13. The summed E-state index contributed by atoms with van der Waals surface area (Å²) in [5, 5.41) is 9.06. The molecule has 1 aromatic heterocycles. The van der Waals surface area contributed by atoms with Gasteiger partial charge in [0.2, 0.25) is 0 Å². The number of amides is 1. The normalized spacial score (nSPS) is 18.2. The van der Waals surface area contributed by atoms with Crippen LogP contribution in [0, 0.1) is 23.7 Å². The second kappa shape index (κ2) is 4.77. The molecule has 1 amide bonds. The predicted molar refractivity (Wildman–Crippen MR) is 67.8 cm³/mol. The van der Waals surface area contributed by atoms with Gasteiger partial charge in [-0.15, -0.1) is 0 Å². The molecule has 0 saturated carbocycles. The standard InChI is InChI=1S/C14H17N3O/c1-11-4-3-5-12(16-11)13(18)17-8-6-14(2,10-15)7-9-17/h3-5H,6-9H2,1-2H3. The van der Waals surface area contributed by atoms with Crippen LogP contribution >= 0.6 is 0 Å². The molecule has 2 heterocycles. The van der Waals surface area contributed by atoms with Gasteiger partial charge in [-0.3, -0.25) is 4.79 Å². The number of rotatable bonds is 1. The molecule has 0 radical (unpaired) electrons. The SMILES string of the molecule is Cc1cccc(C(=O)N2CCC(C)(C#N)CC2)n1. The molecule has 1 aliphatic rings. The van der Waals surface area contributed by atoms with Gasteiger partial charge in [0.1, 0.15) is 5.69 Å². The smallest absolute Gasteiger partial charge is 0.272 e. The Bertz CT molecular complexity index is 496. The minimum Gasteiger partial charge on any atom is -0.337 e. The van der Waals surface area contributed by atoms with E-state index < -0.39 is 0 Å². The van der Waals surface area contributed by atoms with Crippen molar-refractivity contribution in [1.82, 2.24) is 9.88 Å². The van der Waals surface area contributed by atoms with Crippen LogP contribution in [0.4, 0.5) is 0 Å². The summed E-state index contributed by atoms with van der Waals surface area (Å²) in [4.78, 5) is 18.3. The lowest BCUT2D eigenvalue weighted by molar-refractivity contribution is 0.0655. The van der Waals surface area contributed by atoms with Crippen LogP contribution in [0.15, 0.2) is 18.2 Å². The zero-order valence-corrected chi connectivity index (χ0v) is 10.8. The van der Waals surface area contributed by atoms with E-state index in [4.69, 9.17) is 5.26 Å². The number of aromatic nitrogens is 1. The fourth-order valence-electron chi connectivity index (χ4n) is 2.14. The van der Waals surface area contributed by atoms with Crippen molar-refractivity contribution in [2.75, 3.05) is 13.1 Å². The van der Waals surface area contributed by atoms with Gasteiger partial charge in [-0.25, -0.2) is 4.98 Å². The zero-order chi connectivity index (χ0) is 13.2. The molecular weight excluding hydrogens is 226 g/mol. The molecular formula is C14H17N3O. The van der Waals surface area contributed by atoms with Crippen molar-refractivity contribution in [2.45, 2.75) is 26.7 Å². The minimum absolute atomic E-state index is 0.0290. The van der Waals surface area contributed by atoms with Crippen molar-refractivity contribution in [3.63, 3.8) is 0 Å². The van der Waals surface area contributed by atoms with E-state index in [0.717, 1.165) is 18.5 Å². The number of hydrogen-bond donors (Lipinski definition) is 0. The molecule has 18 heavy (non-hydrogen) atoms. The van der Waals surface area contributed by atoms with Crippen molar-refractivity contribution < 1.29 is 4.79 Å². The Morgan fingerprint density at radius 3 is 2.67 bits per heavy atom. The van der Waals surface area contributed by atoms with Crippen LogP contribution in [0.5, 0.6) is 0 Å². The van der Waals surface area contributed by atoms with Gasteiger partial charge >= 0.3 is 0 Å². The maximum atomic E-state index is 12.2. The fourth-order valence-corrected chi connectivity index (χ4v) is 2.14. The molecule has 0 aromatic carbocycles. The molecule has 0 atom stereocenters. The summed E-state index contributed by atoms with van der Waals surface area (Å²) in [6.07, 6.45) is 1.47. The first-order valence-electron chi connectivity index (χ1n) is 6.18. The highest BCUT2D eigenvalue weighted by Crippen LogP contribution is 2.30. The lowest BCUT2D eigenvalue weighted by atomic mass is 9.82. The molecule has 1 fully saturated rings. The number of hydrogen-bond acceptors (Lipinski definition) is 3. The first-order valence-corrected chi connectivity index (χ1v) is 6.18. The van der Waals surface area contributed by atoms with Crippen LogP contribution < -0.4 is 0 Å². The summed E-state index contributed by atoms with van der Waals surface area (Å²) in [7, 11) is 0. The van der Waals surface area contributed by atoms with Crippen LogP contribution in [0.25, 0.3) is 0 Å². The Hall–Kier alpha value is -1.89. The molecule has 2 rings (SSSR count). The Kier molecular flexibility index (Phi) is 3.33. The van der Waals surface area contributed by atoms with E-state index in [1.54, 1.807) is 11.0 Å². The molecule has 0 unspecified atom stereocenters. The Balaban J connectivity index is 2.07. The third kappa shape index (κ3) is 2.51. The molecule has 0 bridgehead atoms. The lowest BCUT2D eigenvalue weighted by Gasteiger charge is -2.34. The third-order valence-corrected chi connectivity index (χ3v) is 3.53.